The van der Waals surface area contributed by atoms with E-state index in [0.717, 1.165) is 12.8 Å². The number of benzene rings is 1. The third kappa shape index (κ3) is 6.48. The number of para-hydroxylation sites is 1. The van der Waals surface area contributed by atoms with Crippen LogP contribution in [0.4, 0.5) is 10.5 Å². The molecule has 0 radical (unpaired) electrons. The number of amides is 2. The first-order valence-corrected chi connectivity index (χ1v) is 4.36. The molecule has 0 aliphatic rings. The molecule has 0 heterocycles. The number of rotatable bonds is 3. The minimum absolute atomic E-state index is 0.207. The van der Waals surface area contributed by atoms with Gasteiger partial charge >= 0.3 is 6.03 Å². The number of hydrogen-bond acceptors (Lipinski definition) is 3. The lowest BCUT2D eigenvalue weighted by Gasteiger charge is -2.05. The molecular formula is C10H16N2O3. The summed E-state index contributed by atoms with van der Waals surface area (Å²) in [4.78, 5) is 11.1. The quantitative estimate of drug-likeness (QED) is 0.655. The highest BCUT2D eigenvalue weighted by Gasteiger charge is 1.97. The van der Waals surface area contributed by atoms with Crippen LogP contribution in [0, 0.1) is 0 Å². The minimum atomic E-state index is -0.270. The van der Waals surface area contributed by atoms with Crippen LogP contribution in [-0.4, -0.2) is 32.1 Å². The van der Waals surface area contributed by atoms with Gasteiger partial charge in [0.15, 0.2) is 0 Å². The van der Waals surface area contributed by atoms with Gasteiger partial charge in [-0.2, -0.15) is 0 Å². The molecule has 3 N–H and O–H groups in total. The smallest absolute Gasteiger partial charge is 0.321 e. The van der Waals surface area contributed by atoms with Crippen LogP contribution < -0.4 is 10.6 Å². The molecule has 5 heteroatoms. The van der Waals surface area contributed by atoms with Crippen LogP contribution in [0.5, 0.6) is 0 Å². The van der Waals surface area contributed by atoms with Gasteiger partial charge in [-0.1, -0.05) is 18.2 Å². The first kappa shape index (κ1) is 13.4. The zero-order valence-corrected chi connectivity index (χ0v) is 8.86. The number of hydrogen-bond donors (Lipinski definition) is 3. The molecule has 0 spiro atoms. The number of methoxy groups -OCH3 is 1. The predicted octanol–water partition coefficient (Wildman–Crippen LogP) is 1.02. The van der Waals surface area contributed by atoms with Crippen molar-refractivity contribution in [3.8, 4) is 0 Å². The van der Waals surface area contributed by atoms with Crippen LogP contribution in [0.25, 0.3) is 0 Å². The van der Waals surface area contributed by atoms with E-state index in [1.54, 1.807) is 0 Å². The molecule has 0 aliphatic carbocycles. The maximum absolute atomic E-state index is 11.1. The molecule has 0 aromatic heterocycles. The van der Waals surface area contributed by atoms with Gasteiger partial charge in [0.05, 0.1) is 0 Å². The van der Waals surface area contributed by atoms with Gasteiger partial charge < -0.3 is 20.5 Å². The van der Waals surface area contributed by atoms with Crippen molar-refractivity contribution in [3.63, 3.8) is 0 Å². The van der Waals surface area contributed by atoms with Crippen molar-refractivity contribution in [1.29, 1.82) is 0 Å². The van der Waals surface area contributed by atoms with E-state index in [1.807, 2.05) is 30.3 Å². The fraction of sp³-hybridized carbons (Fsp3) is 0.300. The van der Waals surface area contributed by atoms with E-state index in [4.69, 9.17) is 5.11 Å². The molecule has 0 atom stereocenters. The van der Waals surface area contributed by atoms with Gasteiger partial charge in [-0.15, -0.1) is 0 Å². The van der Waals surface area contributed by atoms with Crippen molar-refractivity contribution in [2.24, 2.45) is 0 Å². The fourth-order valence-electron chi connectivity index (χ4n) is 0.834. The van der Waals surface area contributed by atoms with Gasteiger partial charge in [0.25, 0.3) is 0 Å². The number of nitrogens with one attached hydrogen (secondary N) is 2. The maximum Gasteiger partial charge on any atom is 0.321 e. The molecule has 84 valence electrons. The van der Waals surface area contributed by atoms with Gasteiger partial charge in [0, 0.05) is 19.9 Å². The van der Waals surface area contributed by atoms with Crippen LogP contribution in [0.2, 0.25) is 0 Å². The van der Waals surface area contributed by atoms with Crippen LogP contribution in [0.1, 0.15) is 0 Å². The lowest BCUT2D eigenvalue weighted by molar-refractivity contribution is 0.177. The summed E-state index contributed by atoms with van der Waals surface area (Å²) in [7, 11) is 2.52. The Kier molecular flexibility index (Phi) is 8.03. The minimum Gasteiger partial charge on any atom is -0.400 e. The molecular weight excluding hydrogens is 196 g/mol. The molecule has 2 amide bonds. The number of urea groups is 1. The molecule has 0 unspecified atom stereocenters. The first-order chi connectivity index (χ1) is 7.33. The normalized spacial score (nSPS) is 8.47. The fourth-order valence-corrected chi connectivity index (χ4v) is 0.834. The van der Waals surface area contributed by atoms with Crippen LogP contribution >= 0.6 is 0 Å². The van der Waals surface area contributed by atoms with E-state index in [9.17, 15) is 4.79 Å². The van der Waals surface area contributed by atoms with Crippen molar-refractivity contribution in [3.05, 3.63) is 30.3 Å². The number of ether oxygens (including phenoxy) is 1. The van der Waals surface area contributed by atoms with Crippen LogP contribution in [0.3, 0.4) is 0 Å². The molecule has 0 bridgehead atoms. The Bertz CT molecular complexity index is 265. The average molecular weight is 212 g/mol. The Hall–Kier alpha value is -1.59. The highest BCUT2D eigenvalue weighted by molar-refractivity contribution is 5.88. The Morgan fingerprint density at radius 2 is 1.93 bits per heavy atom. The van der Waals surface area contributed by atoms with Crippen molar-refractivity contribution in [2.45, 2.75) is 0 Å². The lowest BCUT2D eigenvalue weighted by atomic mass is 10.3. The zero-order chi connectivity index (χ0) is 11.5. The SMILES string of the molecule is CO.COCNC(=O)Nc1ccccc1. The molecule has 1 rings (SSSR count). The molecule has 5 nitrogen and oxygen atoms in total. The largest absolute Gasteiger partial charge is 0.400 e. The first-order valence-electron chi connectivity index (χ1n) is 4.36. The average Bonchev–Trinajstić information content (AvgIpc) is 2.30. The van der Waals surface area contributed by atoms with Gasteiger partial charge in [0.2, 0.25) is 0 Å². The summed E-state index contributed by atoms with van der Waals surface area (Å²) >= 11 is 0. The topological polar surface area (TPSA) is 70.6 Å². The molecule has 0 saturated heterocycles. The highest BCUT2D eigenvalue weighted by atomic mass is 16.5. The van der Waals surface area contributed by atoms with E-state index >= 15 is 0 Å². The van der Waals surface area contributed by atoms with E-state index in [1.165, 1.54) is 7.11 Å². The van der Waals surface area contributed by atoms with E-state index in [2.05, 4.69) is 15.4 Å². The second kappa shape index (κ2) is 8.98. The maximum atomic E-state index is 11.1. The highest BCUT2D eigenvalue weighted by Crippen LogP contribution is 2.03. The van der Waals surface area contributed by atoms with Gasteiger partial charge in [-0.25, -0.2) is 4.79 Å². The van der Waals surface area contributed by atoms with Crippen molar-refractivity contribution < 1.29 is 14.6 Å². The van der Waals surface area contributed by atoms with E-state index in [-0.39, 0.29) is 12.8 Å². The second-order valence-electron chi connectivity index (χ2n) is 2.43. The number of aliphatic hydroxyl groups is 1. The second-order valence-corrected chi connectivity index (χ2v) is 2.43. The number of carbonyl (C=O) groups is 1. The van der Waals surface area contributed by atoms with Crippen LogP contribution in [0.15, 0.2) is 30.3 Å². The Labute approximate surface area is 89.1 Å². The molecule has 0 aliphatic heterocycles. The van der Waals surface area contributed by atoms with Crippen molar-refractivity contribution in [2.75, 3.05) is 26.3 Å². The summed E-state index contributed by atoms with van der Waals surface area (Å²) in [6.45, 7) is 0.207. The summed E-state index contributed by atoms with van der Waals surface area (Å²) in [5, 5.41) is 12.2. The predicted molar refractivity (Wildman–Crippen MR) is 58.6 cm³/mol. The summed E-state index contributed by atoms with van der Waals surface area (Å²) < 4.78 is 4.68. The van der Waals surface area contributed by atoms with E-state index in [0.29, 0.717) is 0 Å². The number of carbonyl (C=O) groups excluding carboxylic acids is 1. The Balaban J connectivity index is 0.000000921. The summed E-state index contributed by atoms with van der Waals surface area (Å²) in [5.41, 5.74) is 0.760. The molecule has 0 saturated carbocycles. The standard InChI is InChI=1S/C9H12N2O2.CH4O/c1-13-7-10-9(12)11-8-5-3-2-4-6-8;1-2/h2-6H,7H2,1H3,(H2,10,11,12);2H,1H3. The van der Waals surface area contributed by atoms with Crippen molar-refractivity contribution in [1.82, 2.24) is 5.32 Å². The number of anilines is 1. The van der Waals surface area contributed by atoms with Crippen molar-refractivity contribution >= 4 is 11.7 Å². The molecule has 1 aromatic rings. The lowest BCUT2D eigenvalue weighted by Crippen LogP contribution is -2.30. The molecule has 0 fully saturated rings. The zero-order valence-electron chi connectivity index (χ0n) is 8.86. The summed E-state index contributed by atoms with van der Waals surface area (Å²) in [5.74, 6) is 0. The van der Waals surface area contributed by atoms with Crippen LogP contribution in [-0.2, 0) is 4.74 Å². The Morgan fingerprint density at radius 1 is 1.33 bits per heavy atom. The third-order valence-corrected chi connectivity index (χ3v) is 1.41. The monoisotopic (exact) mass is 212 g/mol. The van der Waals surface area contributed by atoms with Gasteiger partial charge in [-0.05, 0) is 12.1 Å². The Morgan fingerprint density at radius 3 is 2.47 bits per heavy atom. The third-order valence-electron chi connectivity index (χ3n) is 1.41. The summed E-state index contributed by atoms with van der Waals surface area (Å²) in [6.07, 6.45) is 0. The summed E-state index contributed by atoms with van der Waals surface area (Å²) in [6, 6.07) is 8.95. The van der Waals surface area contributed by atoms with E-state index < -0.39 is 0 Å². The molecule has 15 heavy (non-hydrogen) atoms. The van der Waals surface area contributed by atoms with Gasteiger partial charge in [-0.3, -0.25) is 0 Å². The number of aliphatic hydroxyl groups excluding tert-OH is 1. The van der Waals surface area contributed by atoms with Gasteiger partial charge in [0.1, 0.15) is 6.73 Å². The molecule has 1 aromatic carbocycles.